The van der Waals surface area contributed by atoms with Gasteiger partial charge in [0.05, 0.1) is 12.6 Å². The topological polar surface area (TPSA) is 208 Å². The lowest BCUT2D eigenvalue weighted by Gasteiger charge is -2.22. The molecule has 13 heteroatoms. The predicted molar refractivity (Wildman–Crippen MR) is 104 cm³/mol. The van der Waals surface area contributed by atoms with E-state index in [0.29, 0.717) is 5.75 Å². The van der Waals surface area contributed by atoms with Crippen LogP contribution in [0.25, 0.3) is 0 Å². The Morgan fingerprint density at radius 3 is 2.00 bits per heavy atom. The summed E-state index contributed by atoms with van der Waals surface area (Å²) < 4.78 is 0. The molecule has 8 N–H and O–H groups in total. The minimum Gasteiger partial charge on any atom is -0.481 e. The van der Waals surface area contributed by atoms with Crippen LogP contribution in [0.15, 0.2) is 0 Å². The second-order valence-electron chi connectivity index (χ2n) is 6.19. The van der Waals surface area contributed by atoms with Gasteiger partial charge in [-0.15, -0.1) is 0 Å². The lowest BCUT2D eigenvalue weighted by atomic mass is 10.1. The third-order valence-corrected chi connectivity index (χ3v) is 4.44. The Labute approximate surface area is 172 Å². The minimum atomic E-state index is -1.42. The van der Waals surface area contributed by atoms with Crippen LogP contribution in [0.1, 0.15) is 26.2 Å². The molecule has 0 fully saturated rings. The predicted octanol–water partition coefficient (Wildman–Crippen LogP) is -2.52. The molecule has 0 spiro atoms. The lowest BCUT2D eigenvalue weighted by Crippen LogP contribution is -2.57. The Kier molecular flexibility index (Phi) is 12.6. The fourth-order valence-corrected chi connectivity index (χ4v) is 2.52. The van der Waals surface area contributed by atoms with Crippen molar-refractivity contribution in [2.24, 2.45) is 5.73 Å². The van der Waals surface area contributed by atoms with Gasteiger partial charge in [-0.1, -0.05) is 0 Å². The molecule has 0 aliphatic carbocycles. The van der Waals surface area contributed by atoms with Crippen molar-refractivity contribution in [3.63, 3.8) is 0 Å². The second-order valence-corrected chi connectivity index (χ2v) is 7.18. The standard InChI is InChI=1S/C16H28N4O8S/c1-8(13(24)19-10(16(27)28)5-6-29-2)18-15(26)11(7-21)20-14(25)9(17)3-4-12(22)23/h8-11,21H,3-7,17H2,1-2H3,(H,18,26)(H,19,24)(H,20,25)(H,22,23)(H,27,28). The van der Waals surface area contributed by atoms with Gasteiger partial charge < -0.3 is 37.0 Å². The summed E-state index contributed by atoms with van der Waals surface area (Å²) in [7, 11) is 0. The lowest BCUT2D eigenvalue weighted by molar-refractivity contribution is -0.142. The summed E-state index contributed by atoms with van der Waals surface area (Å²) in [6, 6.07) is -4.86. The van der Waals surface area contributed by atoms with Crippen molar-refractivity contribution in [1.82, 2.24) is 16.0 Å². The molecule has 0 saturated carbocycles. The number of amides is 3. The van der Waals surface area contributed by atoms with Crippen molar-refractivity contribution in [1.29, 1.82) is 0 Å². The van der Waals surface area contributed by atoms with E-state index in [9.17, 15) is 29.1 Å². The highest BCUT2D eigenvalue weighted by Crippen LogP contribution is 2.02. The highest BCUT2D eigenvalue weighted by molar-refractivity contribution is 7.98. The summed E-state index contributed by atoms with van der Waals surface area (Å²) in [5.74, 6) is -4.29. The Bertz CT molecular complexity index is 603. The van der Waals surface area contributed by atoms with E-state index in [0.717, 1.165) is 0 Å². The van der Waals surface area contributed by atoms with Crippen molar-refractivity contribution >= 4 is 41.4 Å². The number of carboxylic acid groups (broad SMARTS) is 2. The first-order valence-electron chi connectivity index (χ1n) is 8.74. The largest absolute Gasteiger partial charge is 0.481 e. The number of carboxylic acids is 2. The summed E-state index contributed by atoms with van der Waals surface area (Å²) in [5.41, 5.74) is 5.53. The van der Waals surface area contributed by atoms with E-state index < -0.39 is 60.4 Å². The quantitative estimate of drug-likeness (QED) is 0.152. The maximum Gasteiger partial charge on any atom is 0.326 e. The second kappa shape index (κ2) is 13.7. The zero-order valence-electron chi connectivity index (χ0n) is 16.2. The van der Waals surface area contributed by atoms with E-state index >= 15 is 0 Å². The van der Waals surface area contributed by atoms with Crippen LogP contribution in [0.2, 0.25) is 0 Å². The van der Waals surface area contributed by atoms with Gasteiger partial charge in [0.2, 0.25) is 17.7 Å². The van der Waals surface area contributed by atoms with Gasteiger partial charge in [0.1, 0.15) is 18.1 Å². The van der Waals surface area contributed by atoms with Crippen LogP contribution in [-0.2, 0) is 24.0 Å². The Morgan fingerprint density at radius 2 is 1.52 bits per heavy atom. The highest BCUT2D eigenvalue weighted by atomic mass is 32.2. The maximum absolute atomic E-state index is 12.2. The molecular weight excluding hydrogens is 408 g/mol. The molecule has 166 valence electrons. The van der Waals surface area contributed by atoms with Crippen LogP contribution >= 0.6 is 11.8 Å². The van der Waals surface area contributed by atoms with Gasteiger partial charge in [0.25, 0.3) is 0 Å². The molecule has 0 saturated heterocycles. The fraction of sp³-hybridized carbons (Fsp3) is 0.688. The number of hydrogen-bond acceptors (Lipinski definition) is 8. The molecule has 3 amide bonds. The summed E-state index contributed by atoms with van der Waals surface area (Å²) in [6.45, 7) is 0.526. The number of nitrogens with one attached hydrogen (secondary N) is 3. The Hall–Kier alpha value is -2.38. The summed E-state index contributed by atoms with van der Waals surface area (Å²) in [4.78, 5) is 57.9. The SMILES string of the molecule is CSCCC(NC(=O)C(C)NC(=O)C(CO)NC(=O)C(N)CCC(=O)O)C(=O)O. The molecule has 0 rings (SSSR count). The number of carbonyl (C=O) groups excluding carboxylic acids is 3. The molecule has 0 aromatic rings. The number of thioether (sulfide) groups is 1. The van der Waals surface area contributed by atoms with E-state index in [1.165, 1.54) is 18.7 Å². The van der Waals surface area contributed by atoms with Crippen molar-refractivity contribution in [2.75, 3.05) is 18.6 Å². The first-order chi connectivity index (χ1) is 13.5. The molecule has 4 atom stereocenters. The van der Waals surface area contributed by atoms with E-state index in [1.54, 1.807) is 6.26 Å². The average Bonchev–Trinajstić information content (AvgIpc) is 2.66. The third-order valence-electron chi connectivity index (χ3n) is 3.80. The van der Waals surface area contributed by atoms with Gasteiger partial charge in [0, 0.05) is 6.42 Å². The zero-order valence-corrected chi connectivity index (χ0v) is 17.0. The van der Waals surface area contributed by atoms with Crippen molar-refractivity contribution in [3.8, 4) is 0 Å². The smallest absolute Gasteiger partial charge is 0.326 e. The first kappa shape index (κ1) is 26.6. The molecule has 0 aromatic carbocycles. The van der Waals surface area contributed by atoms with E-state index in [4.69, 9.17) is 15.9 Å². The summed E-state index contributed by atoms with van der Waals surface area (Å²) in [5, 5.41) is 33.8. The van der Waals surface area contributed by atoms with E-state index in [-0.39, 0.29) is 19.3 Å². The van der Waals surface area contributed by atoms with Crippen LogP contribution in [0.4, 0.5) is 0 Å². The van der Waals surface area contributed by atoms with Gasteiger partial charge in [-0.3, -0.25) is 19.2 Å². The molecule has 12 nitrogen and oxygen atoms in total. The van der Waals surface area contributed by atoms with Crippen molar-refractivity contribution in [2.45, 2.75) is 50.4 Å². The van der Waals surface area contributed by atoms with Crippen molar-refractivity contribution < 1.29 is 39.3 Å². The van der Waals surface area contributed by atoms with E-state index in [1.807, 2.05) is 0 Å². The van der Waals surface area contributed by atoms with Gasteiger partial charge in [0.15, 0.2) is 0 Å². The maximum atomic E-state index is 12.2. The summed E-state index contributed by atoms with van der Waals surface area (Å²) in [6.07, 6.45) is 1.49. The molecule has 29 heavy (non-hydrogen) atoms. The van der Waals surface area contributed by atoms with Crippen molar-refractivity contribution in [3.05, 3.63) is 0 Å². The fourth-order valence-electron chi connectivity index (χ4n) is 2.05. The highest BCUT2D eigenvalue weighted by Gasteiger charge is 2.27. The number of nitrogens with two attached hydrogens (primary N) is 1. The number of aliphatic carboxylic acids is 2. The number of aliphatic hydroxyl groups excluding tert-OH is 1. The van der Waals surface area contributed by atoms with Gasteiger partial charge in [-0.25, -0.2) is 4.79 Å². The van der Waals surface area contributed by atoms with Gasteiger partial charge in [-0.2, -0.15) is 11.8 Å². The first-order valence-corrected chi connectivity index (χ1v) is 10.1. The number of carbonyl (C=O) groups is 5. The number of hydrogen-bond donors (Lipinski definition) is 7. The molecule has 0 aromatic heterocycles. The number of aliphatic hydroxyl groups is 1. The molecule has 0 bridgehead atoms. The molecule has 0 radical (unpaired) electrons. The minimum absolute atomic E-state index is 0.160. The van der Waals surface area contributed by atoms with E-state index in [2.05, 4.69) is 16.0 Å². The molecule has 4 unspecified atom stereocenters. The zero-order chi connectivity index (χ0) is 22.6. The third kappa shape index (κ3) is 10.7. The normalized spacial score (nSPS) is 14.8. The van der Waals surface area contributed by atoms with Gasteiger partial charge >= 0.3 is 11.9 Å². The number of rotatable bonds is 14. The molecule has 0 aliphatic heterocycles. The van der Waals surface area contributed by atoms with Crippen LogP contribution < -0.4 is 21.7 Å². The molecule has 0 heterocycles. The Morgan fingerprint density at radius 1 is 0.931 bits per heavy atom. The monoisotopic (exact) mass is 436 g/mol. The van der Waals surface area contributed by atoms with Crippen LogP contribution in [0, 0.1) is 0 Å². The Balaban J connectivity index is 4.74. The summed E-state index contributed by atoms with van der Waals surface area (Å²) >= 11 is 1.42. The molecular formula is C16H28N4O8S. The van der Waals surface area contributed by atoms with Crippen LogP contribution in [-0.4, -0.2) is 87.8 Å². The van der Waals surface area contributed by atoms with Gasteiger partial charge in [-0.05, 0) is 31.8 Å². The van der Waals surface area contributed by atoms with Crippen LogP contribution in [0.5, 0.6) is 0 Å². The van der Waals surface area contributed by atoms with Crippen LogP contribution in [0.3, 0.4) is 0 Å². The average molecular weight is 436 g/mol. The molecule has 0 aliphatic rings.